The highest BCUT2D eigenvalue weighted by Crippen LogP contribution is 2.23. The molecule has 2 amide bonds. The molecule has 0 unspecified atom stereocenters. The highest BCUT2D eigenvalue weighted by atomic mass is 16.5. The summed E-state index contributed by atoms with van der Waals surface area (Å²) in [4.78, 5) is 26.0. The van der Waals surface area contributed by atoms with Gasteiger partial charge in [-0.05, 0) is 54.7 Å². The summed E-state index contributed by atoms with van der Waals surface area (Å²) in [6.45, 7) is 6.21. The number of ether oxygens (including phenoxy) is 1. The molecule has 2 aromatic carbocycles. The lowest BCUT2D eigenvalue weighted by atomic mass is 10.0. The number of carbonyl (C=O) groups is 2. The number of hydrogen-bond acceptors (Lipinski definition) is 3. The van der Waals surface area contributed by atoms with Crippen molar-refractivity contribution in [2.45, 2.75) is 39.3 Å². The van der Waals surface area contributed by atoms with Crippen molar-refractivity contribution in [3.63, 3.8) is 0 Å². The van der Waals surface area contributed by atoms with Crippen LogP contribution in [0.2, 0.25) is 0 Å². The molecule has 148 valence electrons. The number of benzene rings is 2. The Bertz CT molecular complexity index is 811. The molecular formula is C23H28N2O3. The molecule has 0 saturated carbocycles. The Morgan fingerprint density at radius 3 is 2.43 bits per heavy atom. The molecule has 2 aromatic rings. The Morgan fingerprint density at radius 1 is 1.07 bits per heavy atom. The average molecular weight is 380 g/mol. The largest absolute Gasteiger partial charge is 0.381 e. The molecule has 5 heteroatoms. The molecule has 5 nitrogen and oxygen atoms in total. The lowest BCUT2D eigenvalue weighted by Gasteiger charge is -2.33. The summed E-state index contributed by atoms with van der Waals surface area (Å²) in [5, 5.41) is 2.82. The minimum absolute atomic E-state index is 0.0433. The van der Waals surface area contributed by atoms with Gasteiger partial charge in [-0.2, -0.15) is 0 Å². The topological polar surface area (TPSA) is 58.6 Å². The summed E-state index contributed by atoms with van der Waals surface area (Å²) in [6, 6.07) is 16.1. The molecule has 0 aliphatic carbocycles. The molecule has 1 heterocycles. The first-order chi connectivity index (χ1) is 13.6. The zero-order valence-electron chi connectivity index (χ0n) is 16.6. The van der Waals surface area contributed by atoms with Crippen LogP contribution in [0.4, 0.5) is 0 Å². The molecule has 28 heavy (non-hydrogen) atoms. The predicted octanol–water partition coefficient (Wildman–Crippen LogP) is 3.63. The van der Waals surface area contributed by atoms with Crippen molar-refractivity contribution in [3.05, 3.63) is 59.7 Å². The fraction of sp³-hybridized carbons (Fsp3) is 0.391. The van der Waals surface area contributed by atoms with E-state index in [4.69, 9.17) is 4.74 Å². The molecular weight excluding hydrogens is 352 g/mol. The summed E-state index contributed by atoms with van der Waals surface area (Å²) in [5.41, 5.74) is 3.88. The smallest absolute Gasteiger partial charge is 0.254 e. The number of nitrogens with one attached hydrogen (secondary N) is 1. The molecule has 1 fully saturated rings. The van der Waals surface area contributed by atoms with E-state index < -0.39 is 0 Å². The van der Waals surface area contributed by atoms with Crippen LogP contribution < -0.4 is 5.32 Å². The van der Waals surface area contributed by atoms with Gasteiger partial charge in [0.25, 0.3) is 5.91 Å². The van der Waals surface area contributed by atoms with Crippen molar-refractivity contribution >= 4 is 11.8 Å². The van der Waals surface area contributed by atoms with E-state index in [1.54, 1.807) is 0 Å². The summed E-state index contributed by atoms with van der Waals surface area (Å²) in [5.74, 6) is 0.0404. The third-order valence-corrected chi connectivity index (χ3v) is 5.17. The van der Waals surface area contributed by atoms with Crippen LogP contribution in [0.15, 0.2) is 48.5 Å². The van der Waals surface area contributed by atoms with Crippen LogP contribution in [-0.2, 0) is 16.1 Å². The van der Waals surface area contributed by atoms with Gasteiger partial charge in [-0.15, -0.1) is 0 Å². The van der Waals surface area contributed by atoms with Gasteiger partial charge in [0.15, 0.2) is 0 Å². The van der Waals surface area contributed by atoms with Crippen molar-refractivity contribution in [2.24, 2.45) is 0 Å². The first-order valence-electron chi connectivity index (χ1n) is 9.91. The monoisotopic (exact) mass is 380 g/mol. The molecule has 0 atom stereocenters. The van der Waals surface area contributed by atoms with E-state index in [1.807, 2.05) is 54.3 Å². The van der Waals surface area contributed by atoms with Gasteiger partial charge in [0, 0.05) is 44.8 Å². The Hall–Kier alpha value is -2.66. The molecule has 0 bridgehead atoms. The Morgan fingerprint density at radius 2 is 1.79 bits per heavy atom. The Balaban J connectivity index is 1.73. The van der Waals surface area contributed by atoms with E-state index in [1.165, 1.54) is 6.92 Å². The van der Waals surface area contributed by atoms with Crippen molar-refractivity contribution < 1.29 is 14.3 Å². The van der Waals surface area contributed by atoms with E-state index in [-0.39, 0.29) is 17.9 Å². The normalized spacial score (nSPS) is 14.5. The highest BCUT2D eigenvalue weighted by molar-refractivity contribution is 5.95. The minimum atomic E-state index is -0.0433. The maximum Gasteiger partial charge on any atom is 0.254 e. The SMILES string of the molecule is CCN(C(=O)c1ccc(-c2cccc(CNC(C)=O)c2)cc1)C1CCOCC1. The number of nitrogens with zero attached hydrogens (tertiary/aromatic N) is 1. The minimum Gasteiger partial charge on any atom is -0.381 e. The zero-order chi connectivity index (χ0) is 19.9. The first kappa shape index (κ1) is 20.1. The fourth-order valence-corrected chi connectivity index (χ4v) is 3.62. The molecule has 0 radical (unpaired) electrons. The molecule has 3 rings (SSSR count). The fourth-order valence-electron chi connectivity index (χ4n) is 3.62. The number of amides is 2. The van der Waals surface area contributed by atoms with Crippen molar-refractivity contribution in [1.29, 1.82) is 0 Å². The standard InChI is InChI=1S/C23H28N2O3/c1-3-25(22-11-13-28-14-12-22)23(27)20-9-7-19(8-10-20)21-6-4-5-18(15-21)16-24-17(2)26/h4-10,15,22H,3,11-14,16H2,1-2H3,(H,24,26). The second kappa shape index (κ2) is 9.51. The van der Waals surface area contributed by atoms with Gasteiger partial charge in [-0.3, -0.25) is 9.59 Å². The van der Waals surface area contributed by atoms with Crippen LogP contribution in [0.25, 0.3) is 11.1 Å². The maximum atomic E-state index is 13.0. The Kier molecular flexibility index (Phi) is 6.82. The van der Waals surface area contributed by atoms with Gasteiger partial charge in [-0.1, -0.05) is 30.3 Å². The van der Waals surface area contributed by atoms with Crippen LogP contribution in [0.5, 0.6) is 0 Å². The van der Waals surface area contributed by atoms with E-state index >= 15 is 0 Å². The van der Waals surface area contributed by atoms with Gasteiger partial charge in [0.1, 0.15) is 0 Å². The van der Waals surface area contributed by atoms with Crippen LogP contribution in [0, 0.1) is 0 Å². The van der Waals surface area contributed by atoms with Gasteiger partial charge in [-0.25, -0.2) is 0 Å². The van der Waals surface area contributed by atoms with Gasteiger partial charge < -0.3 is 15.0 Å². The van der Waals surface area contributed by atoms with E-state index in [0.29, 0.717) is 18.7 Å². The van der Waals surface area contributed by atoms with Crippen LogP contribution in [0.3, 0.4) is 0 Å². The van der Waals surface area contributed by atoms with Gasteiger partial charge in [0.2, 0.25) is 5.91 Å². The average Bonchev–Trinajstić information content (AvgIpc) is 2.74. The molecule has 0 spiro atoms. The van der Waals surface area contributed by atoms with Crippen LogP contribution in [-0.4, -0.2) is 42.5 Å². The third kappa shape index (κ3) is 4.98. The van der Waals surface area contributed by atoms with E-state index in [0.717, 1.165) is 42.7 Å². The summed E-state index contributed by atoms with van der Waals surface area (Å²) < 4.78 is 5.42. The molecule has 1 N–H and O–H groups in total. The summed E-state index contributed by atoms with van der Waals surface area (Å²) in [7, 11) is 0. The van der Waals surface area contributed by atoms with E-state index in [9.17, 15) is 9.59 Å². The summed E-state index contributed by atoms with van der Waals surface area (Å²) in [6.07, 6.45) is 1.80. The maximum absolute atomic E-state index is 13.0. The molecule has 0 aromatic heterocycles. The predicted molar refractivity (Wildman–Crippen MR) is 110 cm³/mol. The van der Waals surface area contributed by atoms with Crippen molar-refractivity contribution in [3.8, 4) is 11.1 Å². The van der Waals surface area contributed by atoms with Gasteiger partial charge >= 0.3 is 0 Å². The highest BCUT2D eigenvalue weighted by Gasteiger charge is 2.25. The number of carbonyl (C=O) groups excluding carboxylic acids is 2. The third-order valence-electron chi connectivity index (χ3n) is 5.17. The van der Waals surface area contributed by atoms with Crippen molar-refractivity contribution in [2.75, 3.05) is 19.8 Å². The lowest BCUT2D eigenvalue weighted by molar-refractivity contribution is -0.119. The van der Waals surface area contributed by atoms with Crippen LogP contribution >= 0.6 is 0 Å². The van der Waals surface area contributed by atoms with Crippen molar-refractivity contribution in [1.82, 2.24) is 10.2 Å². The second-order valence-electron chi connectivity index (χ2n) is 7.12. The van der Waals surface area contributed by atoms with Crippen LogP contribution in [0.1, 0.15) is 42.6 Å². The van der Waals surface area contributed by atoms with E-state index in [2.05, 4.69) is 11.4 Å². The Labute approximate surface area is 166 Å². The summed E-state index contributed by atoms with van der Waals surface area (Å²) >= 11 is 0. The second-order valence-corrected chi connectivity index (χ2v) is 7.12. The molecule has 1 aliphatic rings. The lowest BCUT2D eigenvalue weighted by Crippen LogP contribution is -2.43. The van der Waals surface area contributed by atoms with Gasteiger partial charge in [0.05, 0.1) is 0 Å². The number of rotatable bonds is 6. The first-order valence-corrected chi connectivity index (χ1v) is 9.91. The molecule has 1 aliphatic heterocycles. The quantitative estimate of drug-likeness (QED) is 0.833. The molecule has 1 saturated heterocycles. The number of hydrogen-bond donors (Lipinski definition) is 1. The zero-order valence-corrected chi connectivity index (χ0v) is 16.6.